The molecule has 1 amide bonds. The quantitative estimate of drug-likeness (QED) is 0.134. The molecule has 0 aliphatic carbocycles. The largest absolute Gasteiger partial charge is 0.486 e. The fraction of sp³-hybridized carbons (Fsp3) is 0.207. The van der Waals surface area contributed by atoms with Gasteiger partial charge in [0, 0.05) is 17.1 Å². The van der Waals surface area contributed by atoms with Crippen LogP contribution in [-0.2, 0) is 16.1 Å². The Morgan fingerprint density at radius 2 is 1.68 bits per heavy atom. The maximum absolute atomic E-state index is 12.5. The zero-order valence-corrected chi connectivity index (χ0v) is 23.7. The van der Waals surface area contributed by atoms with Gasteiger partial charge in [-0.05, 0) is 87.0 Å². The van der Waals surface area contributed by atoms with Crippen LogP contribution >= 0.6 is 23.2 Å². The van der Waals surface area contributed by atoms with Crippen molar-refractivity contribution >= 4 is 41.3 Å². The smallest absolute Gasteiger partial charge is 0.346 e. The molecule has 4 rings (SSSR count). The monoisotopic (exact) mass is 583 g/mol. The molecule has 0 saturated carbocycles. The molecule has 0 spiro atoms. The van der Waals surface area contributed by atoms with Crippen molar-refractivity contribution in [1.29, 1.82) is 0 Å². The number of benzene rings is 2. The maximum Gasteiger partial charge on any atom is 0.346 e. The first kappa shape index (κ1) is 28.8. The van der Waals surface area contributed by atoms with Gasteiger partial charge >= 0.3 is 11.9 Å². The van der Waals surface area contributed by atoms with Gasteiger partial charge in [-0.2, -0.15) is 5.10 Å². The van der Waals surface area contributed by atoms with Crippen LogP contribution in [0.25, 0.3) is 5.69 Å². The highest BCUT2D eigenvalue weighted by Crippen LogP contribution is 2.34. The molecule has 2 aromatic carbocycles. The van der Waals surface area contributed by atoms with Crippen LogP contribution in [0.2, 0.25) is 10.0 Å². The second-order valence-electron chi connectivity index (χ2n) is 8.80. The highest BCUT2D eigenvalue weighted by atomic mass is 35.5. The predicted octanol–water partition coefficient (Wildman–Crippen LogP) is 6.28. The molecule has 208 valence electrons. The molecule has 0 unspecified atom stereocenters. The van der Waals surface area contributed by atoms with Crippen LogP contribution in [0.5, 0.6) is 11.5 Å². The molecular weight excluding hydrogens is 557 g/mol. The van der Waals surface area contributed by atoms with Crippen molar-refractivity contribution in [2.75, 3.05) is 7.11 Å². The topological polar surface area (TPSA) is 104 Å². The van der Waals surface area contributed by atoms with Crippen LogP contribution in [0.4, 0.5) is 0 Å². The lowest BCUT2D eigenvalue weighted by Gasteiger charge is -2.15. The zero-order chi connectivity index (χ0) is 28.8. The third kappa shape index (κ3) is 6.86. The molecule has 4 aromatic rings. The van der Waals surface area contributed by atoms with Gasteiger partial charge in [0.1, 0.15) is 18.1 Å². The number of carbonyl (C=O) groups excluding carboxylic acids is 2. The SMILES string of the molecule is COC(=O)[C@@H](C)Oc1c(Cl)cc(/C=N/NC(=O)c2ccc(COc3ccc(-n4c(C)ccc4C)cc3)o2)cc1Cl. The van der Waals surface area contributed by atoms with Crippen LogP contribution in [-0.4, -0.2) is 35.9 Å². The molecule has 0 saturated heterocycles. The number of amides is 1. The number of halogens is 2. The Morgan fingerprint density at radius 1 is 1.02 bits per heavy atom. The van der Waals surface area contributed by atoms with Crippen molar-refractivity contribution in [1.82, 2.24) is 9.99 Å². The number of methoxy groups -OCH3 is 1. The van der Waals surface area contributed by atoms with E-state index in [-0.39, 0.29) is 28.2 Å². The number of hydrogen-bond acceptors (Lipinski definition) is 7. The summed E-state index contributed by atoms with van der Waals surface area (Å²) < 4.78 is 23.7. The second kappa shape index (κ2) is 12.8. The van der Waals surface area contributed by atoms with Crippen molar-refractivity contribution in [3.05, 3.63) is 99.2 Å². The van der Waals surface area contributed by atoms with E-state index in [4.69, 9.17) is 37.1 Å². The number of nitrogens with one attached hydrogen (secondary N) is 1. The molecule has 0 aliphatic heterocycles. The molecule has 1 N–H and O–H groups in total. The highest BCUT2D eigenvalue weighted by molar-refractivity contribution is 6.37. The van der Waals surface area contributed by atoms with Gasteiger partial charge < -0.3 is 23.2 Å². The van der Waals surface area contributed by atoms with Crippen molar-refractivity contribution in [2.45, 2.75) is 33.5 Å². The number of hydrogen-bond donors (Lipinski definition) is 1. The molecule has 0 fully saturated rings. The first-order chi connectivity index (χ1) is 19.2. The summed E-state index contributed by atoms with van der Waals surface area (Å²) in [6.45, 7) is 5.78. The van der Waals surface area contributed by atoms with Gasteiger partial charge in [-0.25, -0.2) is 10.2 Å². The molecule has 40 heavy (non-hydrogen) atoms. The van der Waals surface area contributed by atoms with E-state index >= 15 is 0 Å². The lowest BCUT2D eigenvalue weighted by atomic mass is 10.2. The third-order valence-electron chi connectivity index (χ3n) is 5.86. The minimum absolute atomic E-state index is 0.0706. The number of aryl methyl sites for hydroxylation is 2. The van der Waals surface area contributed by atoms with E-state index in [0.717, 1.165) is 17.1 Å². The van der Waals surface area contributed by atoms with Gasteiger partial charge in [0.15, 0.2) is 17.6 Å². The molecular formula is C29H27Cl2N3O6. The third-order valence-corrected chi connectivity index (χ3v) is 6.42. The molecule has 0 radical (unpaired) electrons. The fourth-order valence-electron chi connectivity index (χ4n) is 3.88. The number of furan rings is 1. The standard InChI is InChI=1S/C29H27Cl2N3O6/c1-17-5-6-18(2)34(17)21-7-9-22(10-8-21)38-16-23-11-12-26(40-23)28(35)33-32-15-20-13-24(30)27(25(31)14-20)39-19(3)29(36)37-4/h5-15,19H,16H2,1-4H3,(H,33,35)/b32-15+/t19-/m1/s1. The first-order valence-corrected chi connectivity index (χ1v) is 13.0. The summed E-state index contributed by atoms with van der Waals surface area (Å²) in [5.41, 5.74) is 6.23. The molecule has 2 heterocycles. The van der Waals surface area contributed by atoms with E-state index in [1.807, 2.05) is 24.3 Å². The summed E-state index contributed by atoms with van der Waals surface area (Å²) >= 11 is 12.5. The summed E-state index contributed by atoms with van der Waals surface area (Å²) in [6, 6.07) is 18.1. The molecule has 0 bridgehead atoms. The Bertz CT molecular complexity index is 1500. The highest BCUT2D eigenvalue weighted by Gasteiger charge is 2.19. The minimum Gasteiger partial charge on any atom is -0.486 e. The predicted molar refractivity (Wildman–Crippen MR) is 152 cm³/mol. The Hall–Kier alpha value is -4.21. The van der Waals surface area contributed by atoms with Crippen molar-refractivity contribution in [2.24, 2.45) is 5.10 Å². The van der Waals surface area contributed by atoms with Crippen LogP contribution in [0.15, 0.2) is 70.2 Å². The Morgan fingerprint density at radius 3 is 2.30 bits per heavy atom. The number of rotatable bonds is 10. The van der Waals surface area contributed by atoms with E-state index in [2.05, 4.69) is 45.8 Å². The van der Waals surface area contributed by atoms with E-state index < -0.39 is 18.0 Å². The summed E-state index contributed by atoms with van der Waals surface area (Å²) in [5, 5.41) is 4.25. The number of ether oxygens (including phenoxy) is 3. The minimum atomic E-state index is -0.897. The molecule has 11 heteroatoms. The second-order valence-corrected chi connectivity index (χ2v) is 9.61. The Balaban J connectivity index is 1.30. The van der Waals surface area contributed by atoms with Gasteiger partial charge in [-0.3, -0.25) is 4.79 Å². The van der Waals surface area contributed by atoms with Gasteiger partial charge in [0.25, 0.3) is 0 Å². The van der Waals surface area contributed by atoms with Crippen molar-refractivity contribution < 1.29 is 28.2 Å². The normalized spacial score (nSPS) is 11.8. The summed E-state index contributed by atoms with van der Waals surface area (Å²) in [6.07, 6.45) is 0.461. The lowest BCUT2D eigenvalue weighted by Crippen LogP contribution is -2.25. The molecule has 0 aliphatic rings. The first-order valence-electron chi connectivity index (χ1n) is 12.2. The number of aromatic nitrogens is 1. The lowest BCUT2D eigenvalue weighted by molar-refractivity contribution is -0.147. The fourth-order valence-corrected chi connectivity index (χ4v) is 4.47. The maximum atomic E-state index is 12.5. The summed E-state index contributed by atoms with van der Waals surface area (Å²) in [4.78, 5) is 24.0. The Labute approximate surface area is 241 Å². The van der Waals surface area contributed by atoms with Crippen LogP contribution in [0.1, 0.15) is 40.2 Å². The number of hydrazone groups is 1. The Kier molecular flexibility index (Phi) is 9.19. The number of esters is 1. The number of nitrogens with zero attached hydrogens (tertiary/aromatic N) is 2. The van der Waals surface area contributed by atoms with Gasteiger partial charge in [-0.15, -0.1) is 0 Å². The molecule has 9 nitrogen and oxygen atoms in total. The van der Waals surface area contributed by atoms with Crippen molar-refractivity contribution in [3.8, 4) is 17.2 Å². The van der Waals surface area contributed by atoms with Crippen LogP contribution in [0.3, 0.4) is 0 Å². The van der Waals surface area contributed by atoms with Gasteiger partial charge in [-0.1, -0.05) is 23.2 Å². The van der Waals surface area contributed by atoms with Crippen LogP contribution in [0, 0.1) is 13.8 Å². The van der Waals surface area contributed by atoms with E-state index in [1.54, 1.807) is 6.07 Å². The van der Waals surface area contributed by atoms with Gasteiger partial charge in [0.05, 0.1) is 23.4 Å². The van der Waals surface area contributed by atoms with E-state index in [0.29, 0.717) is 17.1 Å². The molecule has 2 aromatic heterocycles. The number of carbonyl (C=O) groups is 2. The van der Waals surface area contributed by atoms with E-state index in [9.17, 15) is 9.59 Å². The van der Waals surface area contributed by atoms with Gasteiger partial charge in [0.2, 0.25) is 0 Å². The summed E-state index contributed by atoms with van der Waals surface area (Å²) in [5.74, 6) is 0.238. The zero-order valence-electron chi connectivity index (χ0n) is 22.2. The average Bonchev–Trinajstić information content (AvgIpc) is 3.55. The average molecular weight is 584 g/mol. The summed E-state index contributed by atoms with van der Waals surface area (Å²) in [7, 11) is 1.25. The van der Waals surface area contributed by atoms with Crippen molar-refractivity contribution in [3.63, 3.8) is 0 Å². The molecule has 1 atom stereocenters. The van der Waals surface area contributed by atoms with Crippen LogP contribution < -0.4 is 14.9 Å². The van der Waals surface area contributed by atoms with E-state index in [1.165, 1.54) is 38.4 Å².